The van der Waals surface area contributed by atoms with Gasteiger partial charge < -0.3 is 9.47 Å². The molecular formula is C18H25NO4. The highest BCUT2D eigenvalue weighted by atomic mass is 16.7. The first-order valence-electron chi connectivity index (χ1n) is 8.35. The molecule has 1 aromatic carbocycles. The van der Waals surface area contributed by atoms with E-state index in [4.69, 9.17) is 14.3 Å². The molecule has 0 spiro atoms. The lowest BCUT2D eigenvalue weighted by Gasteiger charge is -2.45. The Balaban J connectivity index is 1.87. The zero-order valence-corrected chi connectivity index (χ0v) is 13.8. The molecule has 1 aromatic rings. The quantitative estimate of drug-likeness (QED) is 0.865. The number of nitrogens with one attached hydrogen (secondary N) is 1. The third kappa shape index (κ3) is 3.51. The Morgan fingerprint density at radius 3 is 2.65 bits per heavy atom. The fourth-order valence-electron chi connectivity index (χ4n) is 3.97. The van der Waals surface area contributed by atoms with Gasteiger partial charge in [-0.2, -0.15) is 5.48 Å². The predicted octanol–water partition coefficient (Wildman–Crippen LogP) is 2.80. The van der Waals surface area contributed by atoms with Crippen molar-refractivity contribution in [3.63, 3.8) is 0 Å². The van der Waals surface area contributed by atoms with E-state index in [1.807, 2.05) is 12.1 Å². The number of hydroxylamine groups is 1. The number of methoxy groups -OCH3 is 2. The van der Waals surface area contributed by atoms with Crippen molar-refractivity contribution in [1.82, 2.24) is 5.48 Å². The Morgan fingerprint density at radius 1 is 1.22 bits per heavy atom. The lowest BCUT2D eigenvalue weighted by Crippen LogP contribution is -2.52. The minimum atomic E-state index is -0.209. The normalized spacial score (nSPS) is 30.3. The van der Waals surface area contributed by atoms with Crippen LogP contribution in [0.4, 0.5) is 0 Å². The van der Waals surface area contributed by atoms with Crippen LogP contribution in [0.2, 0.25) is 0 Å². The van der Waals surface area contributed by atoms with Crippen molar-refractivity contribution in [2.45, 2.75) is 50.2 Å². The van der Waals surface area contributed by atoms with E-state index in [-0.39, 0.29) is 24.0 Å². The monoisotopic (exact) mass is 319 g/mol. The number of ether oxygens (including phenoxy) is 2. The molecular weight excluding hydrogens is 294 g/mol. The van der Waals surface area contributed by atoms with Gasteiger partial charge in [0.1, 0.15) is 5.75 Å². The van der Waals surface area contributed by atoms with E-state index in [1.54, 1.807) is 7.11 Å². The minimum Gasteiger partial charge on any atom is -0.497 e. The van der Waals surface area contributed by atoms with Gasteiger partial charge in [-0.3, -0.25) is 9.63 Å². The van der Waals surface area contributed by atoms with Crippen LogP contribution < -0.4 is 10.2 Å². The SMILES string of the molecule is COC(=O)C[C@@H]1NO[C@@H]2CCCC[C@@H]2[C@H]1c1ccc(OC)cc1. The molecule has 5 nitrogen and oxygen atoms in total. The first-order chi connectivity index (χ1) is 11.2. The molecule has 1 saturated carbocycles. The van der Waals surface area contributed by atoms with Crippen molar-refractivity contribution < 1.29 is 19.1 Å². The highest BCUT2D eigenvalue weighted by Gasteiger charge is 2.43. The van der Waals surface area contributed by atoms with E-state index in [0.717, 1.165) is 18.6 Å². The second kappa shape index (κ2) is 7.32. The van der Waals surface area contributed by atoms with Crippen LogP contribution >= 0.6 is 0 Å². The largest absolute Gasteiger partial charge is 0.497 e. The summed E-state index contributed by atoms with van der Waals surface area (Å²) in [6.45, 7) is 0. The summed E-state index contributed by atoms with van der Waals surface area (Å²) in [5, 5.41) is 0. The van der Waals surface area contributed by atoms with Gasteiger partial charge in [-0.25, -0.2) is 0 Å². The molecule has 23 heavy (non-hydrogen) atoms. The van der Waals surface area contributed by atoms with Crippen molar-refractivity contribution >= 4 is 5.97 Å². The maximum Gasteiger partial charge on any atom is 0.307 e. The fraction of sp³-hybridized carbons (Fsp3) is 0.611. The minimum absolute atomic E-state index is 0.0600. The molecule has 0 aromatic heterocycles. The number of rotatable bonds is 4. The van der Waals surface area contributed by atoms with Crippen molar-refractivity contribution in [3.8, 4) is 5.75 Å². The first-order valence-corrected chi connectivity index (χ1v) is 8.35. The third-order valence-corrected chi connectivity index (χ3v) is 5.13. The lowest BCUT2D eigenvalue weighted by atomic mass is 9.70. The summed E-state index contributed by atoms with van der Waals surface area (Å²) in [5.74, 6) is 1.32. The molecule has 3 rings (SSSR count). The van der Waals surface area contributed by atoms with Gasteiger partial charge >= 0.3 is 5.97 Å². The maximum atomic E-state index is 11.8. The zero-order chi connectivity index (χ0) is 16.2. The Kier molecular flexibility index (Phi) is 5.18. The number of carbonyl (C=O) groups is 1. The molecule has 1 heterocycles. The molecule has 1 aliphatic heterocycles. The van der Waals surface area contributed by atoms with Crippen LogP contribution in [0.1, 0.15) is 43.6 Å². The number of esters is 1. The van der Waals surface area contributed by atoms with Gasteiger partial charge in [-0.1, -0.05) is 25.0 Å². The second-order valence-corrected chi connectivity index (χ2v) is 6.41. The summed E-state index contributed by atoms with van der Waals surface area (Å²) in [6.07, 6.45) is 5.19. The topological polar surface area (TPSA) is 56.8 Å². The molecule has 0 amide bonds. The van der Waals surface area contributed by atoms with Gasteiger partial charge in [-0.15, -0.1) is 0 Å². The molecule has 1 saturated heterocycles. The Bertz CT molecular complexity index is 530. The number of hydrogen-bond donors (Lipinski definition) is 1. The molecule has 0 bridgehead atoms. The molecule has 5 heteroatoms. The summed E-state index contributed by atoms with van der Waals surface area (Å²) in [5.41, 5.74) is 4.36. The maximum absolute atomic E-state index is 11.8. The summed E-state index contributed by atoms with van der Waals surface area (Å²) >= 11 is 0. The van der Waals surface area contributed by atoms with E-state index in [2.05, 4.69) is 17.6 Å². The fourth-order valence-corrected chi connectivity index (χ4v) is 3.97. The van der Waals surface area contributed by atoms with E-state index in [1.165, 1.54) is 25.5 Å². The van der Waals surface area contributed by atoms with Crippen LogP contribution in [0.25, 0.3) is 0 Å². The number of fused-ring (bicyclic) bond motifs is 1. The van der Waals surface area contributed by atoms with Crippen LogP contribution in [0.3, 0.4) is 0 Å². The van der Waals surface area contributed by atoms with Crippen molar-refractivity contribution in [2.75, 3.05) is 14.2 Å². The smallest absolute Gasteiger partial charge is 0.307 e. The summed E-state index contributed by atoms with van der Waals surface area (Å²) in [6, 6.07) is 8.12. The number of hydrogen-bond acceptors (Lipinski definition) is 5. The molecule has 1 aliphatic carbocycles. The predicted molar refractivity (Wildman–Crippen MR) is 86.1 cm³/mol. The van der Waals surface area contributed by atoms with E-state index in [9.17, 15) is 4.79 Å². The molecule has 126 valence electrons. The van der Waals surface area contributed by atoms with Gasteiger partial charge in [0.15, 0.2) is 0 Å². The highest BCUT2D eigenvalue weighted by Crippen LogP contribution is 2.43. The lowest BCUT2D eigenvalue weighted by molar-refractivity contribution is -0.155. The van der Waals surface area contributed by atoms with Crippen LogP contribution in [-0.2, 0) is 14.4 Å². The Morgan fingerprint density at radius 2 is 1.96 bits per heavy atom. The third-order valence-electron chi connectivity index (χ3n) is 5.13. The van der Waals surface area contributed by atoms with E-state index >= 15 is 0 Å². The van der Waals surface area contributed by atoms with E-state index < -0.39 is 0 Å². The second-order valence-electron chi connectivity index (χ2n) is 6.41. The average Bonchev–Trinajstić information content (AvgIpc) is 2.61. The van der Waals surface area contributed by atoms with Crippen molar-refractivity contribution in [3.05, 3.63) is 29.8 Å². The van der Waals surface area contributed by atoms with Crippen LogP contribution in [-0.4, -0.2) is 32.3 Å². The number of carbonyl (C=O) groups excluding carboxylic acids is 1. The van der Waals surface area contributed by atoms with Gasteiger partial charge in [0.05, 0.1) is 26.7 Å². The molecule has 2 aliphatic rings. The standard InChI is InChI=1S/C18H25NO4/c1-21-13-9-7-12(8-10-13)18-14-5-3-4-6-16(14)23-19-15(18)11-17(20)22-2/h7-10,14-16,18-19H,3-6,11H2,1-2H3/t14-,15-,16+,18+/m0/s1. The summed E-state index contributed by atoms with van der Waals surface area (Å²) < 4.78 is 10.1. The Labute approximate surface area is 137 Å². The molecule has 0 radical (unpaired) electrons. The average molecular weight is 319 g/mol. The van der Waals surface area contributed by atoms with Crippen LogP contribution in [0, 0.1) is 5.92 Å². The Hall–Kier alpha value is -1.59. The molecule has 2 fully saturated rings. The van der Waals surface area contributed by atoms with Crippen LogP contribution in [0.15, 0.2) is 24.3 Å². The van der Waals surface area contributed by atoms with Gasteiger partial charge in [0, 0.05) is 12.0 Å². The molecule has 4 atom stereocenters. The summed E-state index contributed by atoms with van der Waals surface area (Å²) in [4.78, 5) is 17.6. The first kappa shape index (κ1) is 16.3. The molecule has 1 N–H and O–H groups in total. The summed E-state index contributed by atoms with van der Waals surface area (Å²) in [7, 11) is 3.10. The van der Waals surface area contributed by atoms with Gasteiger partial charge in [0.25, 0.3) is 0 Å². The van der Waals surface area contributed by atoms with Crippen molar-refractivity contribution in [2.24, 2.45) is 5.92 Å². The zero-order valence-electron chi connectivity index (χ0n) is 13.8. The van der Waals surface area contributed by atoms with Crippen LogP contribution in [0.5, 0.6) is 5.75 Å². The van der Waals surface area contributed by atoms with E-state index in [0.29, 0.717) is 12.3 Å². The van der Waals surface area contributed by atoms with Gasteiger partial charge in [0.2, 0.25) is 0 Å². The highest BCUT2D eigenvalue weighted by molar-refractivity contribution is 5.70. The van der Waals surface area contributed by atoms with Crippen molar-refractivity contribution in [1.29, 1.82) is 0 Å². The molecule has 0 unspecified atom stereocenters. The van der Waals surface area contributed by atoms with Gasteiger partial charge in [-0.05, 0) is 36.5 Å². The number of benzene rings is 1.